The lowest BCUT2D eigenvalue weighted by Gasteiger charge is -2.36. The van der Waals surface area contributed by atoms with Gasteiger partial charge in [-0.25, -0.2) is 9.97 Å². The number of ether oxygens (including phenoxy) is 2. The fraction of sp³-hybridized carbons (Fsp3) is 0.500. The number of aromatic nitrogens is 2. The van der Waals surface area contributed by atoms with E-state index in [2.05, 4.69) is 14.9 Å². The van der Waals surface area contributed by atoms with Crippen molar-refractivity contribution in [1.82, 2.24) is 14.9 Å². The zero-order valence-corrected chi connectivity index (χ0v) is 17.1. The van der Waals surface area contributed by atoms with Crippen LogP contribution >= 0.6 is 0 Å². The van der Waals surface area contributed by atoms with E-state index in [-0.39, 0.29) is 17.9 Å². The van der Waals surface area contributed by atoms with Gasteiger partial charge in [-0.3, -0.25) is 4.79 Å². The number of benzene rings is 1. The Balaban J connectivity index is 1.54. The standard InChI is InChI=1S/C22H28N4O3/c1-28-17-8-9-20(29-2)18(14-17)19-7-4-13-26(19)21(27)16-6-3-12-25(15-16)22-23-10-5-11-24-22/h5,8-11,14,16,19H,3-4,6-7,12-13,15H2,1-2H3. The first-order chi connectivity index (χ1) is 14.2. The van der Waals surface area contributed by atoms with Crippen LogP contribution in [0.4, 0.5) is 5.95 Å². The van der Waals surface area contributed by atoms with E-state index in [0.29, 0.717) is 12.5 Å². The summed E-state index contributed by atoms with van der Waals surface area (Å²) in [5, 5.41) is 0. The van der Waals surface area contributed by atoms with E-state index in [1.807, 2.05) is 29.2 Å². The molecule has 2 fully saturated rings. The molecule has 1 amide bonds. The number of carbonyl (C=O) groups excluding carboxylic acids is 1. The van der Waals surface area contributed by atoms with Crippen molar-refractivity contribution in [1.29, 1.82) is 0 Å². The maximum absolute atomic E-state index is 13.5. The predicted octanol–water partition coefficient (Wildman–Crippen LogP) is 3.07. The summed E-state index contributed by atoms with van der Waals surface area (Å²) in [6.07, 6.45) is 7.30. The van der Waals surface area contributed by atoms with Crippen LogP contribution in [0, 0.1) is 5.92 Å². The Morgan fingerprint density at radius 1 is 1.07 bits per heavy atom. The zero-order chi connectivity index (χ0) is 20.2. The highest BCUT2D eigenvalue weighted by Gasteiger charge is 2.37. The molecule has 1 aromatic heterocycles. The summed E-state index contributed by atoms with van der Waals surface area (Å²) < 4.78 is 11.0. The third kappa shape index (κ3) is 3.99. The second-order valence-electron chi connectivity index (χ2n) is 7.63. The fourth-order valence-corrected chi connectivity index (χ4v) is 4.50. The van der Waals surface area contributed by atoms with Gasteiger partial charge in [0.25, 0.3) is 0 Å². The number of nitrogens with zero attached hydrogens (tertiary/aromatic N) is 4. The first-order valence-corrected chi connectivity index (χ1v) is 10.3. The maximum atomic E-state index is 13.5. The summed E-state index contributed by atoms with van der Waals surface area (Å²) >= 11 is 0. The molecule has 154 valence electrons. The summed E-state index contributed by atoms with van der Waals surface area (Å²) in [7, 11) is 3.33. The molecule has 2 aromatic rings. The molecule has 0 aliphatic carbocycles. The Bertz CT molecular complexity index is 845. The van der Waals surface area contributed by atoms with Gasteiger partial charge in [-0.15, -0.1) is 0 Å². The SMILES string of the molecule is COc1ccc(OC)c(C2CCCN2C(=O)C2CCCN(c3ncccn3)C2)c1. The normalized spacial score (nSPS) is 21.9. The van der Waals surface area contributed by atoms with Crippen molar-refractivity contribution < 1.29 is 14.3 Å². The number of carbonyl (C=O) groups is 1. The molecule has 0 spiro atoms. The lowest BCUT2D eigenvalue weighted by molar-refractivity contribution is -0.136. The molecule has 7 nitrogen and oxygen atoms in total. The van der Waals surface area contributed by atoms with Crippen LogP contribution in [0.5, 0.6) is 11.5 Å². The largest absolute Gasteiger partial charge is 0.497 e. The Labute approximate surface area is 171 Å². The second-order valence-corrected chi connectivity index (χ2v) is 7.63. The van der Waals surface area contributed by atoms with Gasteiger partial charge in [-0.1, -0.05) is 0 Å². The zero-order valence-electron chi connectivity index (χ0n) is 17.1. The Morgan fingerprint density at radius 2 is 1.86 bits per heavy atom. The quantitative estimate of drug-likeness (QED) is 0.774. The molecule has 3 heterocycles. The molecular weight excluding hydrogens is 368 g/mol. The van der Waals surface area contributed by atoms with Gasteiger partial charge in [0.1, 0.15) is 11.5 Å². The number of likely N-dealkylation sites (tertiary alicyclic amines) is 1. The van der Waals surface area contributed by atoms with Crippen LogP contribution in [0.2, 0.25) is 0 Å². The number of rotatable bonds is 5. The van der Waals surface area contributed by atoms with Crippen molar-refractivity contribution in [3.63, 3.8) is 0 Å². The highest BCUT2D eigenvalue weighted by molar-refractivity contribution is 5.80. The monoisotopic (exact) mass is 396 g/mol. The van der Waals surface area contributed by atoms with Crippen LogP contribution in [-0.2, 0) is 4.79 Å². The van der Waals surface area contributed by atoms with Crippen LogP contribution in [-0.4, -0.2) is 54.6 Å². The minimum Gasteiger partial charge on any atom is -0.497 e. The number of hydrogen-bond acceptors (Lipinski definition) is 6. The van der Waals surface area contributed by atoms with E-state index in [4.69, 9.17) is 9.47 Å². The van der Waals surface area contributed by atoms with Crippen LogP contribution in [0.1, 0.15) is 37.3 Å². The number of amides is 1. The van der Waals surface area contributed by atoms with Gasteiger partial charge in [0.2, 0.25) is 11.9 Å². The second kappa shape index (κ2) is 8.68. The van der Waals surface area contributed by atoms with Crippen molar-refractivity contribution in [2.24, 2.45) is 5.92 Å². The molecule has 2 atom stereocenters. The summed E-state index contributed by atoms with van der Waals surface area (Å²) in [5.41, 5.74) is 1.02. The van der Waals surface area contributed by atoms with Crippen molar-refractivity contribution in [3.8, 4) is 11.5 Å². The maximum Gasteiger partial charge on any atom is 0.227 e. The van der Waals surface area contributed by atoms with Crippen molar-refractivity contribution in [3.05, 3.63) is 42.2 Å². The van der Waals surface area contributed by atoms with Crippen molar-refractivity contribution in [2.45, 2.75) is 31.7 Å². The number of piperidine rings is 1. The smallest absolute Gasteiger partial charge is 0.227 e. The number of methoxy groups -OCH3 is 2. The first-order valence-electron chi connectivity index (χ1n) is 10.3. The van der Waals surface area contributed by atoms with E-state index < -0.39 is 0 Å². The van der Waals surface area contributed by atoms with Crippen LogP contribution in [0.25, 0.3) is 0 Å². The Hall–Kier alpha value is -2.83. The van der Waals surface area contributed by atoms with E-state index >= 15 is 0 Å². The minimum absolute atomic E-state index is 0.0240. The summed E-state index contributed by atoms with van der Waals surface area (Å²) in [4.78, 5) is 26.4. The summed E-state index contributed by atoms with van der Waals surface area (Å²) in [6.45, 7) is 2.34. The molecule has 7 heteroatoms. The average Bonchev–Trinajstić information content (AvgIpc) is 3.28. The van der Waals surface area contributed by atoms with E-state index in [9.17, 15) is 4.79 Å². The van der Waals surface area contributed by atoms with Gasteiger partial charge < -0.3 is 19.3 Å². The van der Waals surface area contributed by atoms with Gasteiger partial charge in [-0.05, 0) is 49.9 Å². The summed E-state index contributed by atoms with van der Waals surface area (Å²) in [6, 6.07) is 7.65. The van der Waals surface area contributed by atoms with Crippen molar-refractivity contribution in [2.75, 3.05) is 38.8 Å². The van der Waals surface area contributed by atoms with Crippen LogP contribution in [0.3, 0.4) is 0 Å². The van der Waals surface area contributed by atoms with Gasteiger partial charge in [0, 0.05) is 37.6 Å². The summed E-state index contributed by atoms with van der Waals surface area (Å²) in [5.74, 6) is 2.48. The highest BCUT2D eigenvalue weighted by Crippen LogP contribution is 2.40. The minimum atomic E-state index is -0.0373. The molecule has 2 aliphatic rings. The molecule has 1 aromatic carbocycles. The van der Waals surface area contributed by atoms with E-state index in [0.717, 1.165) is 55.8 Å². The Morgan fingerprint density at radius 3 is 2.62 bits per heavy atom. The topological polar surface area (TPSA) is 67.8 Å². The molecular formula is C22H28N4O3. The lowest BCUT2D eigenvalue weighted by atomic mass is 9.95. The highest BCUT2D eigenvalue weighted by atomic mass is 16.5. The fourth-order valence-electron chi connectivity index (χ4n) is 4.50. The van der Waals surface area contributed by atoms with Crippen LogP contribution in [0.15, 0.2) is 36.7 Å². The molecule has 4 rings (SSSR count). The first kappa shape index (κ1) is 19.5. The molecule has 0 saturated carbocycles. The van der Waals surface area contributed by atoms with E-state index in [1.54, 1.807) is 26.6 Å². The molecule has 2 unspecified atom stereocenters. The molecule has 0 N–H and O–H groups in total. The van der Waals surface area contributed by atoms with Crippen molar-refractivity contribution >= 4 is 11.9 Å². The number of hydrogen-bond donors (Lipinski definition) is 0. The molecule has 0 bridgehead atoms. The van der Waals surface area contributed by atoms with E-state index in [1.165, 1.54) is 0 Å². The Kier molecular flexibility index (Phi) is 5.83. The third-order valence-corrected chi connectivity index (χ3v) is 5.94. The average molecular weight is 396 g/mol. The molecule has 2 saturated heterocycles. The van der Waals surface area contributed by atoms with Gasteiger partial charge in [-0.2, -0.15) is 0 Å². The predicted molar refractivity (Wildman–Crippen MR) is 110 cm³/mol. The van der Waals surface area contributed by atoms with Gasteiger partial charge in [0.05, 0.1) is 26.2 Å². The molecule has 2 aliphatic heterocycles. The molecule has 29 heavy (non-hydrogen) atoms. The molecule has 0 radical (unpaired) electrons. The lowest BCUT2D eigenvalue weighted by Crippen LogP contribution is -2.45. The van der Waals surface area contributed by atoms with Gasteiger partial charge >= 0.3 is 0 Å². The van der Waals surface area contributed by atoms with Crippen LogP contribution < -0.4 is 14.4 Å². The van der Waals surface area contributed by atoms with Gasteiger partial charge in [0.15, 0.2) is 0 Å². The number of anilines is 1. The third-order valence-electron chi connectivity index (χ3n) is 5.94.